The van der Waals surface area contributed by atoms with Crippen molar-refractivity contribution in [3.63, 3.8) is 0 Å². The standard InChI is InChI=1S/C16H19N3O/c1-11-10-13(7-9-17-11)16(20)19-14-6-2-4-12-5-3-8-18-15(12)14/h2-6,8,11,13,17H,7,9-10H2,1H3,(H,19,20). The fourth-order valence-corrected chi connectivity index (χ4v) is 2.81. The van der Waals surface area contributed by atoms with Crippen LogP contribution in [0.1, 0.15) is 19.8 Å². The Kier molecular flexibility index (Phi) is 3.65. The number of nitrogens with zero attached hydrogens (tertiary/aromatic N) is 1. The lowest BCUT2D eigenvalue weighted by molar-refractivity contribution is -0.120. The van der Waals surface area contributed by atoms with Crippen LogP contribution in [0.3, 0.4) is 0 Å². The SMILES string of the molecule is CC1CC(C(=O)Nc2cccc3cccnc23)CCN1. The lowest BCUT2D eigenvalue weighted by Gasteiger charge is -2.27. The van der Waals surface area contributed by atoms with Gasteiger partial charge in [0.05, 0.1) is 11.2 Å². The third kappa shape index (κ3) is 2.65. The first-order valence-electron chi connectivity index (χ1n) is 7.12. The van der Waals surface area contributed by atoms with E-state index in [9.17, 15) is 4.79 Å². The van der Waals surface area contributed by atoms with E-state index in [1.165, 1.54) is 0 Å². The number of piperidine rings is 1. The van der Waals surface area contributed by atoms with Crippen molar-refractivity contribution in [2.24, 2.45) is 5.92 Å². The zero-order valence-corrected chi connectivity index (χ0v) is 11.6. The van der Waals surface area contributed by atoms with E-state index in [1.54, 1.807) is 6.20 Å². The Morgan fingerprint density at radius 1 is 1.35 bits per heavy atom. The first-order chi connectivity index (χ1) is 9.74. The van der Waals surface area contributed by atoms with Crippen LogP contribution < -0.4 is 10.6 Å². The average Bonchev–Trinajstić information content (AvgIpc) is 2.47. The minimum Gasteiger partial charge on any atom is -0.324 e. The maximum absolute atomic E-state index is 12.4. The van der Waals surface area contributed by atoms with E-state index in [2.05, 4.69) is 22.5 Å². The number of nitrogens with one attached hydrogen (secondary N) is 2. The fraction of sp³-hybridized carbons (Fsp3) is 0.375. The zero-order valence-electron chi connectivity index (χ0n) is 11.6. The van der Waals surface area contributed by atoms with Gasteiger partial charge in [-0.15, -0.1) is 0 Å². The van der Waals surface area contributed by atoms with E-state index in [1.807, 2.05) is 30.3 Å². The maximum atomic E-state index is 12.4. The van der Waals surface area contributed by atoms with Crippen molar-refractivity contribution in [2.45, 2.75) is 25.8 Å². The van der Waals surface area contributed by atoms with Gasteiger partial charge in [0.25, 0.3) is 0 Å². The number of carbonyl (C=O) groups excluding carboxylic acids is 1. The van der Waals surface area contributed by atoms with Crippen molar-refractivity contribution < 1.29 is 4.79 Å². The summed E-state index contributed by atoms with van der Waals surface area (Å²) < 4.78 is 0. The molecular weight excluding hydrogens is 250 g/mol. The molecular formula is C16H19N3O. The Morgan fingerprint density at radius 3 is 3.05 bits per heavy atom. The van der Waals surface area contributed by atoms with Gasteiger partial charge in [0, 0.05) is 23.5 Å². The largest absolute Gasteiger partial charge is 0.324 e. The van der Waals surface area contributed by atoms with Gasteiger partial charge in [-0.25, -0.2) is 0 Å². The summed E-state index contributed by atoms with van der Waals surface area (Å²) in [4.78, 5) is 16.8. The van der Waals surface area contributed by atoms with Crippen molar-refractivity contribution in [3.05, 3.63) is 36.5 Å². The second-order valence-electron chi connectivity index (χ2n) is 5.45. The number of rotatable bonds is 2. The van der Waals surface area contributed by atoms with Crippen LogP contribution in [-0.4, -0.2) is 23.5 Å². The molecule has 2 N–H and O–H groups in total. The molecule has 1 fully saturated rings. The maximum Gasteiger partial charge on any atom is 0.227 e. The number of anilines is 1. The third-order valence-electron chi connectivity index (χ3n) is 3.89. The topological polar surface area (TPSA) is 54.0 Å². The van der Waals surface area contributed by atoms with Crippen LogP contribution in [0.25, 0.3) is 10.9 Å². The van der Waals surface area contributed by atoms with Crippen LogP contribution in [0.15, 0.2) is 36.5 Å². The highest BCUT2D eigenvalue weighted by Crippen LogP contribution is 2.23. The summed E-state index contributed by atoms with van der Waals surface area (Å²) in [6.07, 6.45) is 3.54. The molecule has 1 aliphatic rings. The summed E-state index contributed by atoms with van der Waals surface area (Å²) in [5.41, 5.74) is 1.66. The average molecular weight is 269 g/mol. The van der Waals surface area contributed by atoms with Crippen molar-refractivity contribution in [3.8, 4) is 0 Å². The summed E-state index contributed by atoms with van der Waals surface area (Å²) >= 11 is 0. The van der Waals surface area contributed by atoms with Gasteiger partial charge in [-0.3, -0.25) is 9.78 Å². The number of para-hydroxylation sites is 1. The summed E-state index contributed by atoms with van der Waals surface area (Å²) in [7, 11) is 0. The van der Waals surface area contributed by atoms with Crippen molar-refractivity contribution in [2.75, 3.05) is 11.9 Å². The molecule has 1 saturated heterocycles. The molecule has 0 radical (unpaired) electrons. The molecule has 2 atom stereocenters. The molecule has 2 heterocycles. The Morgan fingerprint density at radius 2 is 2.20 bits per heavy atom. The van der Waals surface area contributed by atoms with E-state index in [4.69, 9.17) is 0 Å². The van der Waals surface area contributed by atoms with E-state index < -0.39 is 0 Å². The number of aromatic nitrogens is 1. The van der Waals surface area contributed by atoms with Crippen molar-refractivity contribution >= 4 is 22.5 Å². The Labute approximate surface area is 118 Å². The van der Waals surface area contributed by atoms with Crippen molar-refractivity contribution in [1.82, 2.24) is 10.3 Å². The number of benzene rings is 1. The molecule has 0 aliphatic carbocycles. The zero-order chi connectivity index (χ0) is 13.9. The number of amides is 1. The normalized spacial score (nSPS) is 22.6. The molecule has 1 aromatic heterocycles. The van der Waals surface area contributed by atoms with Crippen LogP contribution in [0.2, 0.25) is 0 Å². The second-order valence-corrected chi connectivity index (χ2v) is 5.45. The number of hydrogen-bond acceptors (Lipinski definition) is 3. The van der Waals surface area contributed by atoms with Gasteiger partial charge in [0.1, 0.15) is 0 Å². The summed E-state index contributed by atoms with van der Waals surface area (Å²) in [6, 6.07) is 10.2. The molecule has 0 spiro atoms. The predicted octanol–water partition coefficient (Wildman–Crippen LogP) is 2.56. The van der Waals surface area contributed by atoms with Gasteiger partial charge in [-0.2, -0.15) is 0 Å². The summed E-state index contributed by atoms with van der Waals surface area (Å²) in [5, 5.41) is 7.46. The minimum absolute atomic E-state index is 0.0882. The molecule has 2 unspecified atom stereocenters. The first-order valence-corrected chi connectivity index (χ1v) is 7.12. The third-order valence-corrected chi connectivity index (χ3v) is 3.89. The smallest absolute Gasteiger partial charge is 0.227 e. The van der Waals surface area contributed by atoms with Gasteiger partial charge in [0.2, 0.25) is 5.91 Å². The molecule has 2 aromatic rings. The van der Waals surface area contributed by atoms with Crippen LogP contribution in [-0.2, 0) is 4.79 Å². The van der Waals surface area contributed by atoms with Gasteiger partial charge in [-0.1, -0.05) is 18.2 Å². The lowest BCUT2D eigenvalue weighted by Crippen LogP contribution is -2.40. The summed E-state index contributed by atoms with van der Waals surface area (Å²) in [6.45, 7) is 3.03. The lowest BCUT2D eigenvalue weighted by atomic mass is 9.92. The molecule has 1 aliphatic heterocycles. The number of fused-ring (bicyclic) bond motifs is 1. The highest BCUT2D eigenvalue weighted by atomic mass is 16.1. The summed E-state index contributed by atoms with van der Waals surface area (Å²) in [5.74, 6) is 0.196. The molecule has 20 heavy (non-hydrogen) atoms. The molecule has 104 valence electrons. The van der Waals surface area contributed by atoms with Crippen LogP contribution in [0.5, 0.6) is 0 Å². The van der Waals surface area contributed by atoms with Crippen molar-refractivity contribution in [1.29, 1.82) is 0 Å². The molecule has 1 aromatic carbocycles. The van der Waals surface area contributed by atoms with E-state index >= 15 is 0 Å². The number of hydrogen-bond donors (Lipinski definition) is 2. The monoisotopic (exact) mass is 269 g/mol. The van der Waals surface area contributed by atoms with E-state index in [0.29, 0.717) is 6.04 Å². The molecule has 0 saturated carbocycles. The molecule has 4 nitrogen and oxygen atoms in total. The number of pyridine rings is 1. The molecule has 3 rings (SSSR count). The highest BCUT2D eigenvalue weighted by molar-refractivity contribution is 6.01. The quantitative estimate of drug-likeness (QED) is 0.881. The highest BCUT2D eigenvalue weighted by Gasteiger charge is 2.25. The predicted molar refractivity (Wildman–Crippen MR) is 80.6 cm³/mol. The van der Waals surface area contributed by atoms with Gasteiger partial charge in [-0.05, 0) is 38.4 Å². The van der Waals surface area contributed by atoms with E-state index in [-0.39, 0.29) is 11.8 Å². The van der Waals surface area contributed by atoms with Crippen LogP contribution in [0, 0.1) is 5.92 Å². The first kappa shape index (κ1) is 13.1. The second kappa shape index (κ2) is 5.59. The Bertz CT molecular complexity index is 621. The fourth-order valence-electron chi connectivity index (χ4n) is 2.81. The van der Waals surface area contributed by atoms with Gasteiger partial charge >= 0.3 is 0 Å². The molecule has 1 amide bonds. The molecule has 4 heteroatoms. The van der Waals surface area contributed by atoms with Crippen LogP contribution in [0.4, 0.5) is 5.69 Å². The Balaban J connectivity index is 1.80. The minimum atomic E-state index is 0.0882. The van der Waals surface area contributed by atoms with E-state index in [0.717, 1.165) is 36.0 Å². The number of carbonyl (C=O) groups is 1. The van der Waals surface area contributed by atoms with Gasteiger partial charge in [0.15, 0.2) is 0 Å². The van der Waals surface area contributed by atoms with Gasteiger partial charge < -0.3 is 10.6 Å². The van der Waals surface area contributed by atoms with Crippen LogP contribution >= 0.6 is 0 Å². The Hall–Kier alpha value is -1.94. The molecule has 0 bridgehead atoms.